The van der Waals surface area contributed by atoms with Crippen LogP contribution in [-0.4, -0.2) is 39.1 Å². The van der Waals surface area contributed by atoms with Crippen molar-refractivity contribution in [3.63, 3.8) is 0 Å². The average molecular weight is 350 g/mol. The first-order valence-corrected chi connectivity index (χ1v) is 10.0. The predicted octanol–water partition coefficient (Wildman–Crippen LogP) is 4.19. The number of carbonyl (C=O) groups is 1. The van der Waals surface area contributed by atoms with Crippen LogP contribution in [0.5, 0.6) is 0 Å². The minimum atomic E-state index is 0.248. The zero-order valence-electron chi connectivity index (χ0n) is 14.0. The summed E-state index contributed by atoms with van der Waals surface area (Å²) < 4.78 is 0. The number of nitrogens with zero attached hydrogens (tertiary/aromatic N) is 3. The normalized spacial score (nSPS) is 18.6. The first-order valence-electron chi connectivity index (χ1n) is 8.24. The Hall–Kier alpha value is -1.14. The van der Waals surface area contributed by atoms with Crippen LogP contribution in [0.3, 0.4) is 0 Å². The third kappa shape index (κ3) is 3.38. The van der Waals surface area contributed by atoms with Crippen molar-refractivity contribution >= 4 is 39.2 Å². The van der Waals surface area contributed by atoms with E-state index < -0.39 is 0 Å². The van der Waals surface area contributed by atoms with Crippen LogP contribution in [0, 0.1) is 13.8 Å². The maximum absolute atomic E-state index is 12.6. The number of aromatic nitrogens is 2. The highest BCUT2D eigenvalue weighted by Gasteiger charge is 2.25. The van der Waals surface area contributed by atoms with Crippen molar-refractivity contribution < 1.29 is 4.79 Å². The van der Waals surface area contributed by atoms with Crippen LogP contribution in [0.15, 0.2) is 11.4 Å². The van der Waals surface area contributed by atoms with E-state index in [1.807, 2.05) is 0 Å². The van der Waals surface area contributed by atoms with Gasteiger partial charge in [0.15, 0.2) is 0 Å². The number of carbonyl (C=O) groups excluding carboxylic acids is 1. The Balaban J connectivity index is 1.74. The van der Waals surface area contributed by atoms with Gasteiger partial charge in [0.1, 0.15) is 16.2 Å². The molecule has 0 aliphatic carbocycles. The molecule has 0 saturated carbocycles. The summed E-state index contributed by atoms with van der Waals surface area (Å²) in [5, 5.41) is 2.06. The molecule has 1 saturated heterocycles. The minimum Gasteiger partial charge on any atom is -0.339 e. The van der Waals surface area contributed by atoms with E-state index in [1.54, 1.807) is 29.4 Å². The van der Waals surface area contributed by atoms with E-state index >= 15 is 0 Å². The Morgan fingerprint density at radius 2 is 2.22 bits per heavy atom. The third-order valence-electron chi connectivity index (χ3n) is 4.68. The Bertz CT molecular complexity index is 713. The number of aryl methyl sites for hydroxylation is 2. The van der Waals surface area contributed by atoms with E-state index in [2.05, 4.69) is 35.6 Å². The van der Waals surface area contributed by atoms with Crippen molar-refractivity contribution in [2.24, 2.45) is 0 Å². The van der Waals surface area contributed by atoms with Gasteiger partial charge in [-0.1, -0.05) is 18.7 Å². The minimum absolute atomic E-state index is 0.248. The largest absolute Gasteiger partial charge is 0.339 e. The highest BCUT2D eigenvalue weighted by atomic mass is 32.2. The molecule has 6 heteroatoms. The van der Waals surface area contributed by atoms with Gasteiger partial charge in [0, 0.05) is 22.8 Å². The van der Waals surface area contributed by atoms with Gasteiger partial charge in [-0.25, -0.2) is 9.97 Å². The number of thiophene rings is 1. The van der Waals surface area contributed by atoms with Crippen LogP contribution < -0.4 is 0 Å². The average Bonchev–Trinajstić information content (AvgIpc) is 2.87. The molecule has 0 N–H and O–H groups in total. The van der Waals surface area contributed by atoms with E-state index in [4.69, 9.17) is 0 Å². The van der Waals surface area contributed by atoms with Crippen LogP contribution in [-0.2, 0) is 4.79 Å². The highest BCUT2D eigenvalue weighted by Crippen LogP contribution is 2.34. The number of hydrogen-bond donors (Lipinski definition) is 0. The standard InChI is InChI=1S/C17H23N3OS2/c1-4-13-7-5-6-8-20(13)14(21)9-22-16-15-11(2)12(3)23-17(15)19-10-18-16/h10,13H,4-9H2,1-3H3/t13-/m0/s1. The van der Waals surface area contributed by atoms with Gasteiger partial charge in [0.2, 0.25) is 5.91 Å². The molecule has 0 bridgehead atoms. The fraction of sp³-hybridized carbons (Fsp3) is 0.588. The van der Waals surface area contributed by atoms with Gasteiger partial charge in [-0.3, -0.25) is 4.79 Å². The van der Waals surface area contributed by atoms with Crippen molar-refractivity contribution in [3.8, 4) is 0 Å². The van der Waals surface area contributed by atoms with E-state index in [1.165, 1.54) is 16.9 Å². The second-order valence-electron chi connectivity index (χ2n) is 6.08. The molecule has 0 unspecified atom stereocenters. The van der Waals surface area contributed by atoms with Gasteiger partial charge in [0.25, 0.3) is 0 Å². The summed E-state index contributed by atoms with van der Waals surface area (Å²) in [6.07, 6.45) is 6.19. The fourth-order valence-corrected chi connectivity index (χ4v) is 5.23. The summed E-state index contributed by atoms with van der Waals surface area (Å²) in [4.78, 5) is 25.8. The van der Waals surface area contributed by atoms with E-state index in [9.17, 15) is 4.79 Å². The highest BCUT2D eigenvalue weighted by molar-refractivity contribution is 8.00. The monoisotopic (exact) mass is 349 g/mol. The lowest BCUT2D eigenvalue weighted by Gasteiger charge is -2.35. The number of piperidine rings is 1. The first-order chi connectivity index (χ1) is 11.1. The van der Waals surface area contributed by atoms with Gasteiger partial charge < -0.3 is 4.90 Å². The SMILES string of the molecule is CC[C@H]1CCCCN1C(=O)CSc1ncnc2sc(C)c(C)c12. The second-order valence-corrected chi connectivity index (χ2v) is 8.24. The van der Waals surface area contributed by atoms with Crippen LogP contribution in [0.2, 0.25) is 0 Å². The van der Waals surface area contributed by atoms with Crippen molar-refractivity contribution in [1.29, 1.82) is 0 Å². The number of rotatable bonds is 4. The molecule has 0 aromatic carbocycles. The molecule has 1 amide bonds. The van der Waals surface area contributed by atoms with Crippen LogP contribution in [0.4, 0.5) is 0 Å². The molecule has 2 aromatic heterocycles. The Morgan fingerprint density at radius 1 is 1.39 bits per heavy atom. The smallest absolute Gasteiger partial charge is 0.233 e. The lowest BCUT2D eigenvalue weighted by Crippen LogP contribution is -2.44. The zero-order chi connectivity index (χ0) is 16.4. The van der Waals surface area contributed by atoms with Crippen molar-refractivity contribution in [3.05, 3.63) is 16.8 Å². The molecule has 1 aliphatic rings. The lowest BCUT2D eigenvalue weighted by molar-refractivity contribution is -0.132. The summed E-state index contributed by atoms with van der Waals surface area (Å²) in [7, 11) is 0. The molecule has 3 rings (SSSR count). The number of hydrogen-bond acceptors (Lipinski definition) is 5. The van der Waals surface area contributed by atoms with Gasteiger partial charge >= 0.3 is 0 Å². The number of thioether (sulfide) groups is 1. The fourth-order valence-electron chi connectivity index (χ4n) is 3.23. The maximum atomic E-state index is 12.6. The first kappa shape index (κ1) is 16.7. The summed E-state index contributed by atoms with van der Waals surface area (Å²) >= 11 is 3.26. The van der Waals surface area contributed by atoms with Crippen molar-refractivity contribution in [2.45, 2.75) is 57.5 Å². The molecule has 4 nitrogen and oxygen atoms in total. The van der Waals surface area contributed by atoms with E-state index in [0.717, 1.165) is 41.0 Å². The summed E-state index contributed by atoms with van der Waals surface area (Å²) in [5.74, 6) is 0.717. The third-order valence-corrected chi connectivity index (χ3v) is 6.77. The van der Waals surface area contributed by atoms with Crippen LogP contribution in [0.25, 0.3) is 10.2 Å². The summed E-state index contributed by atoms with van der Waals surface area (Å²) in [5.41, 5.74) is 1.24. The van der Waals surface area contributed by atoms with Gasteiger partial charge in [0.05, 0.1) is 5.75 Å². The molecule has 1 fully saturated rings. The van der Waals surface area contributed by atoms with Gasteiger partial charge in [-0.15, -0.1) is 11.3 Å². The molecule has 2 aromatic rings. The quantitative estimate of drug-likeness (QED) is 0.613. The Kier molecular flexibility index (Phi) is 5.21. The summed E-state index contributed by atoms with van der Waals surface area (Å²) in [6.45, 7) is 7.31. The zero-order valence-corrected chi connectivity index (χ0v) is 15.6. The van der Waals surface area contributed by atoms with Gasteiger partial charge in [-0.2, -0.15) is 0 Å². The summed E-state index contributed by atoms with van der Waals surface area (Å²) in [6, 6.07) is 0.424. The topological polar surface area (TPSA) is 46.1 Å². The maximum Gasteiger partial charge on any atom is 0.233 e. The van der Waals surface area contributed by atoms with Crippen molar-refractivity contribution in [2.75, 3.05) is 12.3 Å². The van der Waals surface area contributed by atoms with E-state index in [-0.39, 0.29) is 5.91 Å². The lowest BCUT2D eigenvalue weighted by atomic mass is 10.0. The molecule has 1 aliphatic heterocycles. The number of amides is 1. The molecular formula is C17H23N3OS2. The van der Waals surface area contributed by atoms with Gasteiger partial charge in [-0.05, 0) is 45.1 Å². The molecular weight excluding hydrogens is 326 g/mol. The number of likely N-dealkylation sites (tertiary alicyclic amines) is 1. The molecule has 1 atom stereocenters. The number of fused-ring (bicyclic) bond motifs is 1. The molecule has 124 valence electrons. The van der Waals surface area contributed by atoms with Crippen molar-refractivity contribution in [1.82, 2.24) is 14.9 Å². The molecule has 3 heterocycles. The predicted molar refractivity (Wildman–Crippen MR) is 97.3 cm³/mol. The molecule has 0 spiro atoms. The Morgan fingerprint density at radius 3 is 3.00 bits per heavy atom. The molecule has 0 radical (unpaired) electrons. The van der Waals surface area contributed by atoms with Crippen LogP contribution >= 0.6 is 23.1 Å². The van der Waals surface area contributed by atoms with E-state index in [0.29, 0.717) is 11.8 Å². The second kappa shape index (κ2) is 7.18. The molecule has 23 heavy (non-hydrogen) atoms. The van der Waals surface area contributed by atoms with Crippen LogP contribution in [0.1, 0.15) is 43.0 Å². The Labute approximate surface area is 145 Å².